The van der Waals surface area contributed by atoms with Gasteiger partial charge in [0.25, 0.3) is 0 Å². The second kappa shape index (κ2) is 4.63. The van der Waals surface area contributed by atoms with Crippen LogP contribution in [0.4, 0.5) is 0 Å². The Kier molecular flexibility index (Phi) is 3.56. The molecule has 1 saturated carbocycles. The predicted molar refractivity (Wildman–Crippen MR) is 63.0 cm³/mol. The van der Waals surface area contributed by atoms with Crippen molar-refractivity contribution in [3.05, 3.63) is 0 Å². The van der Waals surface area contributed by atoms with Gasteiger partial charge in [0.2, 0.25) is 0 Å². The van der Waals surface area contributed by atoms with Crippen LogP contribution in [0.2, 0.25) is 0 Å². The van der Waals surface area contributed by atoms with E-state index in [1.807, 2.05) is 0 Å². The maximum Gasteiger partial charge on any atom is 0.153 e. The molecule has 0 amide bonds. The lowest BCUT2D eigenvalue weighted by atomic mass is 9.75. The van der Waals surface area contributed by atoms with E-state index in [4.69, 9.17) is 10.5 Å². The summed E-state index contributed by atoms with van der Waals surface area (Å²) in [5.41, 5.74) is 5.28. The summed E-state index contributed by atoms with van der Waals surface area (Å²) in [6.45, 7) is 1.06. The van der Waals surface area contributed by atoms with Gasteiger partial charge in [-0.15, -0.1) is 0 Å². The molecule has 1 atom stereocenters. The highest BCUT2D eigenvalue weighted by Gasteiger charge is 2.45. The van der Waals surface area contributed by atoms with Crippen molar-refractivity contribution in [3.8, 4) is 0 Å². The van der Waals surface area contributed by atoms with Crippen molar-refractivity contribution in [2.75, 3.05) is 18.9 Å². The fraction of sp³-hybridized carbons (Fsp3) is 1.00. The lowest BCUT2D eigenvalue weighted by Gasteiger charge is -2.46. The number of sulfone groups is 1. The summed E-state index contributed by atoms with van der Waals surface area (Å²) in [5, 5.41) is -0.187. The van der Waals surface area contributed by atoms with Crippen LogP contribution >= 0.6 is 0 Å². The summed E-state index contributed by atoms with van der Waals surface area (Å²) in [4.78, 5) is 0. The van der Waals surface area contributed by atoms with Gasteiger partial charge in [-0.05, 0) is 45.1 Å². The standard InChI is InChI=1S/C11H21NO3S/c12-6-2-8-16(13,14)10-3-7-15-11(9-10)4-1-5-11/h10H,1-9,12H2. The zero-order valence-electron chi connectivity index (χ0n) is 9.65. The normalized spacial score (nSPS) is 28.9. The number of nitrogens with two attached hydrogens (primary N) is 1. The topological polar surface area (TPSA) is 69.4 Å². The molecule has 0 aromatic heterocycles. The van der Waals surface area contributed by atoms with Gasteiger partial charge in [0.15, 0.2) is 9.84 Å². The molecule has 1 aliphatic heterocycles. The summed E-state index contributed by atoms with van der Waals surface area (Å²) < 4.78 is 29.9. The van der Waals surface area contributed by atoms with Crippen LogP contribution in [0, 0.1) is 0 Å². The van der Waals surface area contributed by atoms with Crippen molar-refractivity contribution in [2.45, 2.75) is 49.4 Å². The monoisotopic (exact) mass is 247 g/mol. The van der Waals surface area contributed by atoms with Gasteiger partial charge in [-0.3, -0.25) is 0 Å². The third-order valence-electron chi connectivity index (χ3n) is 3.85. The molecule has 0 bridgehead atoms. The van der Waals surface area contributed by atoms with Crippen LogP contribution in [0.3, 0.4) is 0 Å². The number of hydrogen-bond donors (Lipinski definition) is 1. The van der Waals surface area contributed by atoms with Gasteiger partial charge in [-0.25, -0.2) is 8.42 Å². The molecule has 0 aromatic rings. The zero-order chi connectivity index (χ0) is 11.6. The van der Waals surface area contributed by atoms with Crippen LogP contribution < -0.4 is 5.73 Å². The minimum atomic E-state index is -2.95. The van der Waals surface area contributed by atoms with Gasteiger partial charge in [0.05, 0.1) is 16.6 Å². The Morgan fingerprint density at radius 1 is 1.38 bits per heavy atom. The van der Waals surface area contributed by atoms with Crippen LogP contribution in [0.15, 0.2) is 0 Å². The molecule has 2 rings (SSSR count). The molecule has 5 heteroatoms. The third-order valence-corrected chi connectivity index (χ3v) is 6.13. The Morgan fingerprint density at radius 2 is 2.12 bits per heavy atom. The van der Waals surface area contributed by atoms with E-state index in [1.54, 1.807) is 0 Å². The van der Waals surface area contributed by atoms with E-state index in [2.05, 4.69) is 0 Å². The molecule has 16 heavy (non-hydrogen) atoms. The van der Waals surface area contributed by atoms with E-state index in [0.717, 1.165) is 12.8 Å². The highest BCUT2D eigenvalue weighted by molar-refractivity contribution is 7.92. The van der Waals surface area contributed by atoms with Gasteiger partial charge in [-0.2, -0.15) is 0 Å². The second-order valence-corrected chi connectivity index (χ2v) is 7.41. The minimum Gasteiger partial charge on any atom is -0.375 e. The van der Waals surface area contributed by atoms with Crippen LogP contribution in [-0.4, -0.2) is 38.2 Å². The van der Waals surface area contributed by atoms with E-state index in [9.17, 15) is 8.42 Å². The van der Waals surface area contributed by atoms with Gasteiger partial charge in [0, 0.05) is 6.61 Å². The first-order valence-corrected chi connectivity index (χ1v) is 7.85. The first kappa shape index (κ1) is 12.3. The molecule has 1 aliphatic carbocycles. The molecule has 0 radical (unpaired) electrons. The Balaban J connectivity index is 1.98. The SMILES string of the molecule is NCCCS(=O)(=O)C1CCOC2(CCC2)C1. The summed E-state index contributed by atoms with van der Waals surface area (Å²) in [7, 11) is -2.95. The molecule has 0 aromatic carbocycles. The molecule has 1 saturated heterocycles. The van der Waals surface area contributed by atoms with Crippen molar-refractivity contribution in [2.24, 2.45) is 5.73 Å². The highest BCUT2D eigenvalue weighted by Crippen LogP contribution is 2.43. The average molecular weight is 247 g/mol. The van der Waals surface area contributed by atoms with Gasteiger partial charge in [-0.1, -0.05) is 0 Å². The molecule has 1 heterocycles. The maximum absolute atomic E-state index is 12.1. The summed E-state index contributed by atoms with van der Waals surface area (Å²) in [6, 6.07) is 0. The van der Waals surface area contributed by atoms with Gasteiger partial charge >= 0.3 is 0 Å². The largest absolute Gasteiger partial charge is 0.375 e. The fourth-order valence-corrected chi connectivity index (χ4v) is 4.58. The van der Waals surface area contributed by atoms with E-state index in [0.29, 0.717) is 32.4 Å². The zero-order valence-corrected chi connectivity index (χ0v) is 10.5. The van der Waals surface area contributed by atoms with Crippen molar-refractivity contribution >= 4 is 9.84 Å². The Morgan fingerprint density at radius 3 is 2.69 bits per heavy atom. The van der Waals surface area contributed by atoms with E-state index < -0.39 is 9.84 Å². The minimum absolute atomic E-state index is 0.0846. The molecule has 2 fully saturated rings. The molecule has 4 nitrogen and oxygen atoms in total. The fourth-order valence-electron chi connectivity index (χ4n) is 2.66. The summed E-state index contributed by atoms with van der Waals surface area (Å²) >= 11 is 0. The van der Waals surface area contributed by atoms with Crippen LogP contribution in [0.5, 0.6) is 0 Å². The molecular weight excluding hydrogens is 226 g/mol. The van der Waals surface area contributed by atoms with Crippen molar-refractivity contribution in [1.29, 1.82) is 0 Å². The lowest BCUT2D eigenvalue weighted by molar-refractivity contribution is -0.125. The van der Waals surface area contributed by atoms with E-state index >= 15 is 0 Å². The molecule has 1 unspecified atom stereocenters. The van der Waals surface area contributed by atoms with Crippen LogP contribution in [0.25, 0.3) is 0 Å². The third kappa shape index (κ3) is 2.41. The lowest BCUT2D eigenvalue weighted by Crippen LogP contribution is -2.49. The molecule has 94 valence electrons. The number of rotatable bonds is 4. The second-order valence-electron chi connectivity index (χ2n) is 5.01. The molecule has 2 aliphatic rings. The van der Waals surface area contributed by atoms with Crippen LogP contribution in [-0.2, 0) is 14.6 Å². The molecule has 2 N–H and O–H groups in total. The average Bonchev–Trinajstić information content (AvgIpc) is 2.24. The van der Waals surface area contributed by atoms with Crippen LogP contribution in [0.1, 0.15) is 38.5 Å². The smallest absolute Gasteiger partial charge is 0.153 e. The Hall–Kier alpha value is -0.130. The van der Waals surface area contributed by atoms with E-state index in [1.165, 1.54) is 6.42 Å². The van der Waals surface area contributed by atoms with Crippen molar-refractivity contribution < 1.29 is 13.2 Å². The number of hydrogen-bond acceptors (Lipinski definition) is 4. The quantitative estimate of drug-likeness (QED) is 0.799. The van der Waals surface area contributed by atoms with Gasteiger partial charge in [0.1, 0.15) is 0 Å². The van der Waals surface area contributed by atoms with Gasteiger partial charge < -0.3 is 10.5 Å². The van der Waals surface area contributed by atoms with Crippen molar-refractivity contribution in [1.82, 2.24) is 0 Å². The summed E-state index contributed by atoms with van der Waals surface area (Å²) in [5.74, 6) is 0.240. The molecule has 1 spiro atoms. The predicted octanol–water partition coefficient (Wildman–Crippen LogP) is 0.852. The first-order chi connectivity index (χ1) is 7.58. The maximum atomic E-state index is 12.1. The number of ether oxygens (including phenoxy) is 1. The Bertz CT molecular complexity index is 335. The summed E-state index contributed by atoms with van der Waals surface area (Å²) in [6.07, 6.45) is 5.20. The highest BCUT2D eigenvalue weighted by atomic mass is 32.2. The molecular formula is C11H21NO3S. The van der Waals surface area contributed by atoms with Crippen molar-refractivity contribution in [3.63, 3.8) is 0 Å². The van der Waals surface area contributed by atoms with E-state index in [-0.39, 0.29) is 16.6 Å². The first-order valence-electron chi connectivity index (χ1n) is 6.14. The Labute approximate surface area is 97.5 Å².